The van der Waals surface area contributed by atoms with Gasteiger partial charge in [0.05, 0.1) is 30.6 Å². The number of benzene rings is 2. The molecule has 4 aliphatic rings. The van der Waals surface area contributed by atoms with E-state index in [4.69, 9.17) is 0 Å². The molecule has 4 aliphatic heterocycles. The number of aliphatic hydroxyl groups is 2. The third kappa shape index (κ3) is 4.73. The summed E-state index contributed by atoms with van der Waals surface area (Å²) in [7, 11) is 0. The van der Waals surface area contributed by atoms with Gasteiger partial charge < -0.3 is 20.0 Å². The Hall–Kier alpha value is -2.60. The molecule has 2 aromatic heterocycles. The van der Waals surface area contributed by atoms with E-state index in [1.54, 1.807) is 34.9 Å². The van der Waals surface area contributed by atoms with E-state index in [0.717, 1.165) is 47.1 Å². The Labute approximate surface area is 262 Å². The summed E-state index contributed by atoms with van der Waals surface area (Å²) in [4.78, 5) is 16.0. The average Bonchev–Trinajstić information content (AvgIpc) is 3.81. The number of hydrogen-bond acceptors (Lipinski definition) is 10. The normalized spacial score (nSPS) is 18.6. The van der Waals surface area contributed by atoms with Crippen molar-refractivity contribution in [3.63, 3.8) is 0 Å². The minimum atomic E-state index is -0.463. The Morgan fingerprint density at radius 3 is 1.93 bits per heavy atom. The first-order chi connectivity index (χ1) is 20.5. The van der Waals surface area contributed by atoms with Crippen LogP contribution in [0.1, 0.15) is 35.6 Å². The SMILES string of the molecule is Cc1csc2c(C3=C(C(C)O)SC4=NCCN43)cccc12.Cc1csc2c(C3=C(CCO)SC4=NCCN43)cccc12. The van der Waals surface area contributed by atoms with Crippen LogP contribution in [0.15, 0.2) is 67.0 Å². The van der Waals surface area contributed by atoms with Gasteiger partial charge in [-0.05, 0) is 53.4 Å². The molecule has 0 amide bonds. The van der Waals surface area contributed by atoms with Crippen molar-refractivity contribution in [2.24, 2.45) is 9.98 Å². The molecule has 216 valence electrons. The Kier molecular flexibility index (Phi) is 7.70. The third-order valence-electron chi connectivity index (χ3n) is 7.87. The number of nitrogens with zero attached hydrogens (tertiary/aromatic N) is 4. The van der Waals surface area contributed by atoms with Gasteiger partial charge in [-0.2, -0.15) is 0 Å². The van der Waals surface area contributed by atoms with Crippen molar-refractivity contribution in [2.45, 2.75) is 33.3 Å². The zero-order valence-electron chi connectivity index (χ0n) is 23.8. The van der Waals surface area contributed by atoms with E-state index >= 15 is 0 Å². The highest BCUT2D eigenvalue weighted by Gasteiger charge is 2.36. The smallest absolute Gasteiger partial charge is 0.168 e. The van der Waals surface area contributed by atoms with Crippen LogP contribution < -0.4 is 0 Å². The van der Waals surface area contributed by atoms with Crippen molar-refractivity contribution in [2.75, 3.05) is 32.8 Å². The molecule has 6 nitrogen and oxygen atoms in total. The van der Waals surface area contributed by atoms with E-state index in [1.165, 1.54) is 53.0 Å². The predicted molar refractivity (Wildman–Crippen MR) is 184 cm³/mol. The first-order valence-corrected chi connectivity index (χ1v) is 17.6. The maximum Gasteiger partial charge on any atom is 0.168 e. The molecule has 10 heteroatoms. The molecule has 0 bridgehead atoms. The van der Waals surface area contributed by atoms with Gasteiger partial charge >= 0.3 is 0 Å². The van der Waals surface area contributed by atoms with Gasteiger partial charge in [0.1, 0.15) is 0 Å². The molecule has 0 aliphatic carbocycles. The van der Waals surface area contributed by atoms with Crippen LogP contribution in [-0.2, 0) is 0 Å². The lowest BCUT2D eigenvalue weighted by molar-refractivity contribution is 0.240. The molecular formula is C32H32N4O2S4. The maximum atomic E-state index is 10.2. The number of rotatable bonds is 5. The van der Waals surface area contributed by atoms with Gasteiger partial charge in [-0.1, -0.05) is 59.9 Å². The molecule has 1 unspecified atom stereocenters. The maximum absolute atomic E-state index is 10.2. The zero-order chi connectivity index (χ0) is 29.0. The Bertz CT molecular complexity index is 1830. The minimum absolute atomic E-state index is 0.187. The minimum Gasteiger partial charge on any atom is -0.396 e. The quantitative estimate of drug-likeness (QED) is 0.240. The lowest BCUT2D eigenvalue weighted by Crippen LogP contribution is -2.20. The summed E-state index contributed by atoms with van der Waals surface area (Å²) in [6, 6.07) is 13.0. The molecule has 42 heavy (non-hydrogen) atoms. The molecule has 1 atom stereocenters. The lowest BCUT2D eigenvalue weighted by atomic mass is 10.1. The molecule has 0 saturated carbocycles. The fourth-order valence-electron chi connectivity index (χ4n) is 5.90. The second kappa shape index (κ2) is 11.5. The number of aryl methyl sites for hydroxylation is 2. The molecule has 6 heterocycles. The molecule has 2 N–H and O–H groups in total. The Morgan fingerprint density at radius 1 is 0.810 bits per heavy atom. The van der Waals surface area contributed by atoms with Crippen molar-refractivity contribution in [1.29, 1.82) is 0 Å². The van der Waals surface area contributed by atoms with Gasteiger partial charge in [0.15, 0.2) is 10.3 Å². The van der Waals surface area contributed by atoms with E-state index in [2.05, 4.69) is 80.8 Å². The van der Waals surface area contributed by atoms with Gasteiger partial charge in [-0.25, -0.2) is 0 Å². The van der Waals surface area contributed by atoms with Crippen molar-refractivity contribution in [3.8, 4) is 0 Å². The third-order valence-corrected chi connectivity index (χ3v) is 12.6. The van der Waals surface area contributed by atoms with Crippen LogP contribution in [0.2, 0.25) is 0 Å². The van der Waals surface area contributed by atoms with Gasteiger partial charge in [-0.15, -0.1) is 22.7 Å². The summed E-state index contributed by atoms with van der Waals surface area (Å²) in [6.45, 7) is 9.92. The number of fused-ring (bicyclic) bond motifs is 4. The zero-order valence-corrected chi connectivity index (χ0v) is 27.0. The van der Waals surface area contributed by atoms with Gasteiger partial charge in [-0.3, -0.25) is 9.98 Å². The number of aliphatic imine (C=N–C) groups is 2. The fourth-order valence-corrected chi connectivity index (χ4v) is 10.4. The second-order valence-corrected chi connectivity index (χ2v) is 14.5. The first kappa shape index (κ1) is 28.2. The van der Waals surface area contributed by atoms with Crippen LogP contribution in [0.25, 0.3) is 31.6 Å². The molecule has 0 radical (unpaired) electrons. The van der Waals surface area contributed by atoms with Gasteiger partial charge in [0.25, 0.3) is 0 Å². The summed E-state index contributed by atoms with van der Waals surface area (Å²) < 4.78 is 2.64. The first-order valence-electron chi connectivity index (χ1n) is 14.2. The van der Waals surface area contributed by atoms with E-state index in [1.807, 2.05) is 18.3 Å². The van der Waals surface area contributed by atoms with Crippen molar-refractivity contribution in [3.05, 3.63) is 79.2 Å². The fraction of sp³-hybridized carbons (Fsp3) is 0.312. The number of amidine groups is 2. The highest BCUT2D eigenvalue weighted by Crippen LogP contribution is 2.47. The monoisotopic (exact) mass is 632 g/mol. The molecule has 0 saturated heterocycles. The second-order valence-electron chi connectivity index (χ2n) is 10.7. The van der Waals surface area contributed by atoms with Gasteiger partial charge in [0, 0.05) is 56.5 Å². The predicted octanol–water partition coefficient (Wildman–Crippen LogP) is 7.36. The van der Waals surface area contributed by atoms with Crippen molar-refractivity contribution >= 4 is 88.1 Å². The summed E-state index contributed by atoms with van der Waals surface area (Å²) >= 11 is 6.94. The molecule has 2 aromatic carbocycles. The summed E-state index contributed by atoms with van der Waals surface area (Å²) in [5, 5.41) is 28.7. The number of thioether (sulfide) groups is 2. The number of thiophene rings is 2. The Morgan fingerprint density at radius 2 is 1.36 bits per heavy atom. The molecule has 4 aromatic rings. The Balaban J connectivity index is 0.000000137. The van der Waals surface area contributed by atoms with E-state index in [-0.39, 0.29) is 6.61 Å². The van der Waals surface area contributed by atoms with Crippen LogP contribution in [0.3, 0.4) is 0 Å². The van der Waals surface area contributed by atoms with E-state index < -0.39 is 6.10 Å². The van der Waals surface area contributed by atoms with Crippen LogP contribution in [0.5, 0.6) is 0 Å². The summed E-state index contributed by atoms with van der Waals surface area (Å²) in [5.41, 5.74) is 7.57. The largest absolute Gasteiger partial charge is 0.396 e. The molecular weight excluding hydrogens is 601 g/mol. The summed E-state index contributed by atoms with van der Waals surface area (Å²) in [6.07, 6.45) is 0.241. The number of aliphatic hydroxyl groups excluding tert-OH is 2. The highest BCUT2D eigenvalue weighted by atomic mass is 32.2. The number of hydrogen-bond donors (Lipinski definition) is 2. The molecule has 0 spiro atoms. The van der Waals surface area contributed by atoms with Crippen molar-refractivity contribution < 1.29 is 10.2 Å². The van der Waals surface area contributed by atoms with Gasteiger partial charge in [0.2, 0.25) is 0 Å². The molecule has 8 rings (SSSR count). The van der Waals surface area contributed by atoms with E-state index in [9.17, 15) is 10.2 Å². The van der Waals surface area contributed by atoms with Crippen LogP contribution in [0, 0.1) is 13.8 Å². The lowest BCUT2D eigenvalue weighted by Gasteiger charge is -2.18. The molecule has 0 fully saturated rings. The van der Waals surface area contributed by atoms with Crippen LogP contribution >= 0.6 is 46.2 Å². The standard InChI is InChI=1S/2C16H16N2OS2/c1-9-8-20-15-11(9)4-3-5-12(15)13-14(10(2)19)21-16-17-6-7-18(13)16;1-10-9-20-15-11(10)3-2-4-12(15)14-13(5-8-19)21-16-17-6-7-18(14)16/h3-5,8,10,19H,6-7H2,1-2H3;2-4,9,19H,5-8H2,1H3. The van der Waals surface area contributed by atoms with Crippen LogP contribution in [0.4, 0.5) is 0 Å². The van der Waals surface area contributed by atoms with Crippen LogP contribution in [-0.4, -0.2) is 69.2 Å². The summed E-state index contributed by atoms with van der Waals surface area (Å²) in [5.74, 6) is 0. The topological polar surface area (TPSA) is 71.7 Å². The average molecular weight is 633 g/mol. The van der Waals surface area contributed by atoms with E-state index in [0.29, 0.717) is 6.42 Å². The van der Waals surface area contributed by atoms with Crippen molar-refractivity contribution in [1.82, 2.24) is 9.80 Å². The highest BCUT2D eigenvalue weighted by molar-refractivity contribution is 8.18.